The third kappa shape index (κ3) is 6.32. The molecule has 3 rings (SSSR count). The molecule has 0 aromatic heterocycles. The molecule has 0 saturated carbocycles. The molecule has 0 atom stereocenters. The quantitative estimate of drug-likeness (QED) is 0.477. The van der Waals surface area contributed by atoms with Crippen molar-refractivity contribution in [1.29, 1.82) is 0 Å². The van der Waals surface area contributed by atoms with Crippen molar-refractivity contribution >= 4 is 39.2 Å². The summed E-state index contributed by atoms with van der Waals surface area (Å²) in [4.78, 5) is 24.6. The molecule has 0 spiro atoms. The highest BCUT2D eigenvalue weighted by Gasteiger charge is 2.19. The molecule has 1 amide bonds. The highest BCUT2D eigenvalue weighted by Crippen LogP contribution is 2.26. The summed E-state index contributed by atoms with van der Waals surface area (Å²) in [7, 11) is -0.933. The molecule has 0 saturated heterocycles. The normalized spacial score (nSPS) is 11.2. The van der Waals surface area contributed by atoms with E-state index in [2.05, 4.69) is 5.32 Å². The lowest BCUT2D eigenvalue weighted by molar-refractivity contribution is -0.119. The van der Waals surface area contributed by atoms with E-state index in [1.807, 2.05) is 18.2 Å². The van der Waals surface area contributed by atoms with Crippen molar-refractivity contribution in [3.05, 3.63) is 83.4 Å². The number of nitrogens with zero attached hydrogens (tertiary/aromatic N) is 1. The van der Waals surface area contributed by atoms with Crippen LogP contribution in [0.2, 0.25) is 5.02 Å². The molecule has 0 bridgehead atoms. The van der Waals surface area contributed by atoms with Gasteiger partial charge in [0, 0.05) is 14.1 Å². The van der Waals surface area contributed by atoms with Crippen molar-refractivity contribution in [3.8, 4) is 11.5 Å². The van der Waals surface area contributed by atoms with Crippen LogP contribution in [0.4, 0.5) is 5.69 Å². The summed E-state index contributed by atoms with van der Waals surface area (Å²) in [6, 6.07) is 19.3. The molecular weight excluding hydrogens is 468 g/mol. The Kier molecular flexibility index (Phi) is 7.70. The molecule has 0 aliphatic heterocycles. The number of anilines is 1. The molecule has 0 radical (unpaired) electrons. The van der Waals surface area contributed by atoms with E-state index in [0.717, 1.165) is 4.31 Å². The Hall–Kier alpha value is -3.40. The van der Waals surface area contributed by atoms with Gasteiger partial charge in [-0.25, -0.2) is 17.5 Å². The van der Waals surface area contributed by atoms with Crippen molar-refractivity contribution in [2.45, 2.75) is 4.90 Å². The van der Waals surface area contributed by atoms with Crippen LogP contribution in [0.15, 0.2) is 77.7 Å². The molecule has 0 unspecified atom stereocenters. The van der Waals surface area contributed by atoms with Crippen LogP contribution in [0.25, 0.3) is 0 Å². The summed E-state index contributed by atoms with van der Waals surface area (Å²) < 4.78 is 36.4. The van der Waals surface area contributed by atoms with Crippen LogP contribution in [0.5, 0.6) is 11.5 Å². The SMILES string of the molecule is CN(C)S(=O)(=O)c1ccc(Cl)c(NC(=O)COC(=O)c2cccc(Oc3ccccc3)c2)c1. The zero-order valence-corrected chi connectivity index (χ0v) is 19.4. The Morgan fingerprint density at radius 2 is 1.64 bits per heavy atom. The molecular formula is C23H21ClN2O6S. The van der Waals surface area contributed by atoms with Gasteiger partial charge in [-0.2, -0.15) is 0 Å². The summed E-state index contributed by atoms with van der Waals surface area (Å²) in [6.07, 6.45) is 0. The lowest BCUT2D eigenvalue weighted by Gasteiger charge is -2.14. The maximum Gasteiger partial charge on any atom is 0.338 e. The van der Waals surface area contributed by atoms with Gasteiger partial charge in [0.1, 0.15) is 11.5 Å². The fraction of sp³-hybridized carbons (Fsp3) is 0.130. The highest BCUT2D eigenvalue weighted by atomic mass is 35.5. The lowest BCUT2D eigenvalue weighted by atomic mass is 10.2. The number of sulfonamides is 1. The molecule has 3 aromatic carbocycles. The number of esters is 1. The zero-order valence-electron chi connectivity index (χ0n) is 17.8. The van der Waals surface area contributed by atoms with Gasteiger partial charge in [0.05, 0.1) is 21.2 Å². The van der Waals surface area contributed by atoms with Gasteiger partial charge in [0.2, 0.25) is 10.0 Å². The fourth-order valence-corrected chi connectivity index (χ4v) is 3.78. The molecule has 0 heterocycles. The Morgan fingerprint density at radius 1 is 0.939 bits per heavy atom. The number of hydrogen-bond donors (Lipinski definition) is 1. The lowest BCUT2D eigenvalue weighted by Crippen LogP contribution is -2.23. The number of benzene rings is 3. The molecule has 0 aliphatic rings. The minimum absolute atomic E-state index is 0.0422. The molecule has 3 aromatic rings. The Labute approximate surface area is 196 Å². The Morgan fingerprint density at radius 3 is 2.33 bits per heavy atom. The fourth-order valence-electron chi connectivity index (χ4n) is 2.68. The first-order valence-electron chi connectivity index (χ1n) is 9.69. The van der Waals surface area contributed by atoms with E-state index in [4.69, 9.17) is 21.1 Å². The number of ether oxygens (including phenoxy) is 2. The first-order chi connectivity index (χ1) is 15.7. The smallest absolute Gasteiger partial charge is 0.338 e. The molecule has 10 heteroatoms. The topological polar surface area (TPSA) is 102 Å². The number of nitrogens with one attached hydrogen (secondary N) is 1. The largest absolute Gasteiger partial charge is 0.457 e. The average molecular weight is 489 g/mol. The highest BCUT2D eigenvalue weighted by molar-refractivity contribution is 7.89. The zero-order chi connectivity index (χ0) is 24.0. The monoisotopic (exact) mass is 488 g/mol. The maximum atomic E-state index is 12.4. The summed E-state index contributed by atoms with van der Waals surface area (Å²) >= 11 is 6.07. The summed E-state index contributed by atoms with van der Waals surface area (Å²) in [5, 5.41) is 2.59. The van der Waals surface area contributed by atoms with Crippen molar-refractivity contribution in [1.82, 2.24) is 4.31 Å². The summed E-state index contributed by atoms with van der Waals surface area (Å²) in [5.41, 5.74) is 0.284. The van der Waals surface area contributed by atoms with E-state index in [0.29, 0.717) is 11.5 Å². The van der Waals surface area contributed by atoms with Crippen LogP contribution in [0, 0.1) is 0 Å². The van der Waals surface area contributed by atoms with Crippen molar-refractivity contribution in [3.63, 3.8) is 0 Å². The summed E-state index contributed by atoms with van der Waals surface area (Å²) in [5.74, 6) is -0.358. The Balaban J connectivity index is 1.62. The van der Waals surface area contributed by atoms with Crippen LogP contribution in [0.1, 0.15) is 10.4 Å². The number of hydrogen-bond acceptors (Lipinski definition) is 6. The van der Waals surface area contributed by atoms with E-state index in [1.165, 1.54) is 44.4 Å². The van der Waals surface area contributed by atoms with Gasteiger partial charge in [-0.05, 0) is 48.5 Å². The van der Waals surface area contributed by atoms with Gasteiger partial charge < -0.3 is 14.8 Å². The molecule has 8 nitrogen and oxygen atoms in total. The number of carbonyl (C=O) groups excluding carboxylic acids is 2. The maximum absolute atomic E-state index is 12.4. The third-order valence-electron chi connectivity index (χ3n) is 4.37. The van der Waals surface area contributed by atoms with Crippen LogP contribution >= 0.6 is 11.6 Å². The average Bonchev–Trinajstić information content (AvgIpc) is 2.79. The Bertz CT molecular complexity index is 1260. The second kappa shape index (κ2) is 10.5. The summed E-state index contributed by atoms with van der Waals surface area (Å²) in [6.45, 7) is -0.594. The number of rotatable bonds is 8. The van der Waals surface area contributed by atoms with Gasteiger partial charge in [-0.1, -0.05) is 35.9 Å². The number of amides is 1. The van der Waals surface area contributed by atoms with Gasteiger partial charge in [-0.3, -0.25) is 4.79 Å². The van der Waals surface area contributed by atoms with E-state index in [-0.39, 0.29) is 21.2 Å². The van der Waals surface area contributed by atoms with E-state index >= 15 is 0 Å². The van der Waals surface area contributed by atoms with Gasteiger partial charge in [-0.15, -0.1) is 0 Å². The number of carbonyl (C=O) groups is 2. The third-order valence-corrected chi connectivity index (χ3v) is 6.51. The molecule has 33 heavy (non-hydrogen) atoms. The van der Waals surface area contributed by atoms with E-state index in [1.54, 1.807) is 24.3 Å². The molecule has 172 valence electrons. The predicted octanol–water partition coefficient (Wildman–Crippen LogP) is 4.18. The van der Waals surface area contributed by atoms with E-state index in [9.17, 15) is 18.0 Å². The van der Waals surface area contributed by atoms with Crippen molar-refractivity contribution in [2.24, 2.45) is 0 Å². The van der Waals surface area contributed by atoms with Crippen LogP contribution in [-0.4, -0.2) is 45.3 Å². The molecule has 0 aliphatic carbocycles. The van der Waals surface area contributed by atoms with E-state index < -0.39 is 28.5 Å². The van der Waals surface area contributed by atoms with Crippen molar-refractivity contribution < 1.29 is 27.5 Å². The van der Waals surface area contributed by atoms with Gasteiger partial charge >= 0.3 is 5.97 Å². The van der Waals surface area contributed by atoms with Crippen molar-refractivity contribution in [2.75, 3.05) is 26.0 Å². The van der Waals surface area contributed by atoms with Gasteiger partial charge in [0.15, 0.2) is 6.61 Å². The first kappa shape index (κ1) is 24.2. The second-order valence-corrected chi connectivity index (χ2v) is 9.56. The minimum atomic E-state index is -3.71. The second-order valence-electron chi connectivity index (χ2n) is 7.00. The van der Waals surface area contributed by atoms with Crippen LogP contribution < -0.4 is 10.1 Å². The van der Waals surface area contributed by atoms with Gasteiger partial charge in [0.25, 0.3) is 5.91 Å². The van der Waals surface area contributed by atoms with Crippen LogP contribution in [0.3, 0.4) is 0 Å². The van der Waals surface area contributed by atoms with Crippen LogP contribution in [-0.2, 0) is 19.6 Å². The number of halogens is 1. The standard InChI is InChI=1S/C23H21ClN2O6S/c1-26(2)33(29,30)19-11-12-20(24)21(14-19)25-22(27)15-31-23(28)16-7-6-10-18(13-16)32-17-8-4-3-5-9-17/h3-14H,15H2,1-2H3,(H,25,27). The molecule has 1 N–H and O–H groups in total. The number of para-hydroxylation sites is 1. The predicted molar refractivity (Wildman–Crippen MR) is 124 cm³/mol. The molecule has 0 fully saturated rings. The first-order valence-corrected chi connectivity index (χ1v) is 11.5. The minimum Gasteiger partial charge on any atom is -0.457 e.